The van der Waals surface area contributed by atoms with Gasteiger partial charge in [-0.1, -0.05) is 285 Å². The highest BCUT2D eigenvalue weighted by molar-refractivity contribution is 6.20. The van der Waals surface area contributed by atoms with Crippen molar-refractivity contribution in [3.05, 3.63) is 400 Å². The Balaban J connectivity index is 1.08. The van der Waals surface area contributed by atoms with E-state index in [-0.39, 0.29) is 0 Å². The molecule has 109 heavy (non-hydrogen) atoms. The maximum absolute atomic E-state index is 11.9. The van der Waals surface area contributed by atoms with E-state index in [1.807, 2.05) is 30.3 Å². The van der Waals surface area contributed by atoms with Crippen molar-refractivity contribution < 1.29 is 0 Å². The van der Waals surface area contributed by atoms with E-state index in [0.29, 0.717) is 27.9 Å². The molecule has 506 valence electrons. The molecule has 4 aromatic heterocycles. The zero-order chi connectivity index (χ0) is 72.5. The number of pyridine rings is 1. The molecule has 0 aliphatic carbocycles. The fourth-order valence-electron chi connectivity index (χ4n) is 16.8. The molecule has 0 N–H and O–H groups in total. The Kier molecular flexibility index (Phi) is 15.6. The second-order valence-electron chi connectivity index (χ2n) is 27.9. The van der Waals surface area contributed by atoms with Gasteiger partial charge in [0.1, 0.15) is 0 Å². The van der Waals surface area contributed by atoms with E-state index in [9.17, 15) is 10.5 Å². The molecule has 0 saturated carbocycles. The van der Waals surface area contributed by atoms with Gasteiger partial charge in [0.05, 0.1) is 79.1 Å². The Morgan fingerprint density at radius 2 is 0.431 bits per heavy atom. The first kappa shape index (κ1) is 63.7. The molecule has 6 heteroatoms. The minimum Gasteiger partial charge on any atom is -0.306 e. The summed E-state index contributed by atoms with van der Waals surface area (Å²) in [6, 6.07) is 143. The van der Waals surface area contributed by atoms with Crippen LogP contribution in [0.25, 0.3) is 194 Å². The molecule has 0 fully saturated rings. The Morgan fingerprint density at radius 3 is 0.670 bits per heavy atom. The third-order valence-electron chi connectivity index (χ3n) is 21.7. The molecule has 0 saturated heterocycles. The predicted octanol–water partition coefficient (Wildman–Crippen LogP) is 26.8. The number of benzene rings is 16. The monoisotopic (exact) mass is 1380 g/mol. The maximum atomic E-state index is 11.9. The van der Waals surface area contributed by atoms with Gasteiger partial charge in [-0.2, -0.15) is 10.5 Å². The van der Waals surface area contributed by atoms with Crippen LogP contribution in [0.2, 0.25) is 0 Å². The molecule has 0 aliphatic rings. The Hall–Kier alpha value is -15.0. The average Bonchev–Trinajstić information content (AvgIpc) is 1.59. The van der Waals surface area contributed by atoms with Crippen molar-refractivity contribution in [1.29, 1.82) is 10.5 Å². The molecule has 0 amide bonds. The third-order valence-corrected chi connectivity index (χ3v) is 21.7. The summed E-state index contributed by atoms with van der Waals surface area (Å²) in [5.74, 6) is 0. The van der Waals surface area contributed by atoms with Crippen LogP contribution in [0.4, 0.5) is 0 Å². The van der Waals surface area contributed by atoms with Gasteiger partial charge in [0, 0.05) is 60.8 Å². The zero-order valence-corrected chi connectivity index (χ0v) is 59.1. The smallest absolute Gasteiger partial charge is 0.0999 e. The summed E-state index contributed by atoms with van der Waals surface area (Å²) < 4.78 is 7.68. The first-order valence-electron chi connectivity index (χ1n) is 36.8. The van der Waals surface area contributed by atoms with Gasteiger partial charge in [-0.05, 0) is 181 Å². The minimum absolute atomic E-state index is 0.321. The van der Waals surface area contributed by atoms with Crippen molar-refractivity contribution in [2.24, 2.45) is 0 Å². The largest absolute Gasteiger partial charge is 0.306 e. The summed E-state index contributed by atoms with van der Waals surface area (Å²) >= 11 is 0. The van der Waals surface area contributed by atoms with Crippen molar-refractivity contribution >= 4 is 65.4 Å². The van der Waals surface area contributed by atoms with Crippen molar-refractivity contribution in [3.63, 3.8) is 0 Å². The number of hydrogen-bond donors (Lipinski definition) is 0. The second kappa shape index (κ2) is 26.6. The fraction of sp³-hybridized carbons (Fsp3) is 0. The van der Waals surface area contributed by atoms with Gasteiger partial charge in [0.25, 0.3) is 0 Å². The Labute approximate surface area is 630 Å². The van der Waals surface area contributed by atoms with E-state index >= 15 is 0 Å². The van der Waals surface area contributed by atoms with Gasteiger partial charge in [0.15, 0.2) is 0 Å². The van der Waals surface area contributed by atoms with Crippen LogP contribution in [0.1, 0.15) is 11.1 Å². The molecule has 0 radical (unpaired) electrons. The van der Waals surface area contributed by atoms with E-state index in [4.69, 9.17) is 4.98 Å². The van der Waals surface area contributed by atoms with Crippen LogP contribution in [0.3, 0.4) is 0 Å². The number of nitriles is 2. The van der Waals surface area contributed by atoms with Gasteiger partial charge in [-0.3, -0.25) is 4.98 Å². The molecule has 0 spiro atoms. The number of fused-ring (bicyclic) bond motifs is 9. The van der Waals surface area contributed by atoms with Gasteiger partial charge in [0.2, 0.25) is 0 Å². The summed E-state index contributed by atoms with van der Waals surface area (Å²) in [7, 11) is 0. The molecule has 0 unspecified atom stereocenters. The summed E-state index contributed by atoms with van der Waals surface area (Å²) in [5, 5.41) is 30.2. The molecule has 6 nitrogen and oxygen atoms in total. The highest BCUT2D eigenvalue weighted by atomic mass is 15.1. The predicted molar refractivity (Wildman–Crippen MR) is 451 cm³/mol. The van der Waals surface area contributed by atoms with Crippen LogP contribution in [-0.4, -0.2) is 18.7 Å². The molecule has 16 aromatic carbocycles. The number of aromatic nitrogens is 4. The second-order valence-corrected chi connectivity index (χ2v) is 27.9. The molecule has 4 heterocycles. The molecule has 20 aromatic rings. The molecular weight excluding hydrogens is 1320 g/mol. The van der Waals surface area contributed by atoms with Crippen molar-refractivity contribution in [2.45, 2.75) is 0 Å². The maximum Gasteiger partial charge on any atom is 0.0999 e. The van der Waals surface area contributed by atoms with Gasteiger partial charge in [-0.25, -0.2) is 0 Å². The van der Waals surface area contributed by atoms with Crippen molar-refractivity contribution in [1.82, 2.24) is 18.7 Å². The molecule has 0 atom stereocenters. The van der Waals surface area contributed by atoms with Gasteiger partial charge in [-0.15, -0.1) is 0 Å². The summed E-state index contributed by atoms with van der Waals surface area (Å²) in [6.07, 6.45) is 1.72. The molecule has 0 bridgehead atoms. The summed E-state index contributed by atoms with van der Waals surface area (Å²) in [4.78, 5) is 4.84. The molecular formula is C103H64N6. The lowest BCUT2D eigenvalue weighted by atomic mass is 9.82. The van der Waals surface area contributed by atoms with Crippen LogP contribution < -0.4 is 0 Å². The van der Waals surface area contributed by atoms with Crippen LogP contribution >= 0.6 is 0 Å². The highest BCUT2D eigenvalue weighted by Crippen LogP contribution is 2.56. The lowest BCUT2D eigenvalue weighted by Crippen LogP contribution is -2.14. The van der Waals surface area contributed by atoms with Crippen LogP contribution in [0.15, 0.2) is 388 Å². The fourth-order valence-corrected chi connectivity index (χ4v) is 16.8. The SMILES string of the molecule is N#Cc1cc(-c2c(-c3ccccc3)c(-n3c4ccc(-c5ccccc5)cc4c4cc(-c5ccccc5)ccc43)c(-n3c4ccc(-c5ccccc5)cc4c4cc(-c5ccccc5)ccc43)c(-n3c4ccc(-c5ccccc5)cc4c4cc(-c5ccccc5)ccc43)c2-c2ccccc2)cc(C#N)c1-c1ccccn1. The normalized spacial score (nSPS) is 11.5. The number of nitrogens with zero attached hydrogens (tertiary/aromatic N) is 6. The van der Waals surface area contributed by atoms with E-state index in [2.05, 4.69) is 378 Å². The van der Waals surface area contributed by atoms with Crippen molar-refractivity contribution in [2.75, 3.05) is 0 Å². The third kappa shape index (κ3) is 10.8. The van der Waals surface area contributed by atoms with Gasteiger partial charge < -0.3 is 13.7 Å². The molecule has 0 aliphatic heterocycles. The van der Waals surface area contributed by atoms with E-state index < -0.39 is 0 Å². The average molecular weight is 1390 g/mol. The van der Waals surface area contributed by atoms with E-state index in [1.165, 1.54) is 0 Å². The minimum atomic E-state index is 0.321. The lowest BCUT2D eigenvalue weighted by molar-refractivity contribution is 1.05. The summed E-state index contributed by atoms with van der Waals surface area (Å²) in [5.41, 5.74) is 28.4. The standard InChI is InChI=1S/C103H64N6/c104-65-82-57-81(58-83(66-105)97(82)90-43-25-26-56-106-90)98-99(73-39-21-7-22-40-73)101(107-91-50-44-75(67-27-9-1-10-28-67)59-84(91)85-60-76(45-51-92(85)107)68-29-11-2-12-30-68)103(109-95-54-48-79(71-35-17-5-18-36-71)63-88(95)89-64-80(49-55-96(89)109)72-37-19-6-20-38-72)102(100(98)74-41-23-8-24-42-74)108-93-52-46-77(69-31-13-3-14-32-69)61-86(93)87-62-78(47-53-94(87)108)70-33-15-4-16-34-70/h1-64H. The van der Waals surface area contributed by atoms with E-state index in [1.54, 1.807) is 6.20 Å². The number of hydrogen-bond acceptors (Lipinski definition) is 3. The van der Waals surface area contributed by atoms with Crippen LogP contribution in [0, 0.1) is 22.7 Å². The first-order chi connectivity index (χ1) is 54.0. The van der Waals surface area contributed by atoms with E-state index in [0.717, 1.165) is 177 Å². The van der Waals surface area contributed by atoms with Gasteiger partial charge >= 0.3 is 0 Å². The molecule has 20 rings (SSSR count). The van der Waals surface area contributed by atoms with Crippen LogP contribution in [-0.2, 0) is 0 Å². The highest BCUT2D eigenvalue weighted by Gasteiger charge is 2.36. The van der Waals surface area contributed by atoms with Crippen LogP contribution in [0.5, 0.6) is 0 Å². The zero-order valence-electron chi connectivity index (χ0n) is 59.1. The first-order valence-corrected chi connectivity index (χ1v) is 36.8. The van der Waals surface area contributed by atoms with Crippen molar-refractivity contribution in [3.8, 4) is 141 Å². The lowest BCUT2D eigenvalue weighted by Gasteiger charge is -2.31. The quantitative estimate of drug-likeness (QED) is 0.115. The number of rotatable bonds is 13. The topological polar surface area (TPSA) is 75.3 Å². The summed E-state index contributed by atoms with van der Waals surface area (Å²) in [6.45, 7) is 0. The Bertz CT molecular complexity index is 6450. The Morgan fingerprint density at radius 1 is 0.193 bits per heavy atom.